The standard InChI is InChI=1S/C12H19FN2OS/c13-3-1-4-15-5-2-10(8-15)6-12-14-7-11(9-16)17-12/h7,10,16H,1-6,8-9H2/t10-/m0/s1. The largest absolute Gasteiger partial charge is 0.391 e. The Labute approximate surface area is 105 Å². The zero-order valence-electron chi connectivity index (χ0n) is 9.94. The van der Waals surface area contributed by atoms with Gasteiger partial charge in [0, 0.05) is 25.7 Å². The van der Waals surface area contributed by atoms with Crippen molar-refractivity contribution >= 4 is 11.3 Å². The molecular formula is C12H19FN2OS. The van der Waals surface area contributed by atoms with E-state index in [0.717, 1.165) is 35.9 Å². The van der Waals surface area contributed by atoms with E-state index in [4.69, 9.17) is 5.11 Å². The molecule has 0 saturated carbocycles. The highest BCUT2D eigenvalue weighted by Gasteiger charge is 2.23. The summed E-state index contributed by atoms with van der Waals surface area (Å²) in [5.41, 5.74) is 0. The Hall–Kier alpha value is -0.520. The van der Waals surface area contributed by atoms with Gasteiger partial charge in [0.1, 0.15) is 0 Å². The Morgan fingerprint density at radius 1 is 1.59 bits per heavy atom. The Balaban J connectivity index is 1.77. The van der Waals surface area contributed by atoms with E-state index in [1.165, 1.54) is 6.42 Å². The first-order chi connectivity index (χ1) is 8.31. The minimum absolute atomic E-state index is 0.0883. The zero-order valence-corrected chi connectivity index (χ0v) is 10.8. The van der Waals surface area contributed by atoms with Crippen LogP contribution in [0.2, 0.25) is 0 Å². The molecule has 1 N–H and O–H groups in total. The van der Waals surface area contributed by atoms with Gasteiger partial charge in [-0.25, -0.2) is 4.98 Å². The van der Waals surface area contributed by atoms with Crippen molar-refractivity contribution in [2.45, 2.75) is 25.9 Å². The maximum atomic E-state index is 12.1. The van der Waals surface area contributed by atoms with Crippen molar-refractivity contribution in [3.63, 3.8) is 0 Å². The molecule has 96 valence electrons. The number of aromatic nitrogens is 1. The average Bonchev–Trinajstić information content (AvgIpc) is 2.96. The number of aliphatic hydroxyl groups excluding tert-OH is 1. The van der Waals surface area contributed by atoms with Gasteiger partial charge < -0.3 is 10.0 Å². The summed E-state index contributed by atoms with van der Waals surface area (Å²) in [5, 5.41) is 10.1. The summed E-state index contributed by atoms with van der Waals surface area (Å²) in [7, 11) is 0. The molecule has 1 aromatic rings. The van der Waals surface area contributed by atoms with Gasteiger partial charge in [-0.3, -0.25) is 4.39 Å². The van der Waals surface area contributed by atoms with Gasteiger partial charge in [-0.05, 0) is 25.3 Å². The second-order valence-electron chi connectivity index (χ2n) is 4.58. The molecule has 0 unspecified atom stereocenters. The number of likely N-dealkylation sites (tertiary alicyclic amines) is 1. The first kappa shape index (κ1) is 12.9. The van der Waals surface area contributed by atoms with Gasteiger partial charge in [0.05, 0.1) is 23.2 Å². The summed E-state index contributed by atoms with van der Waals surface area (Å²) in [6.45, 7) is 2.90. The quantitative estimate of drug-likeness (QED) is 0.846. The van der Waals surface area contributed by atoms with Gasteiger partial charge in [0.2, 0.25) is 0 Å². The van der Waals surface area contributed by atoms with Crippen molar-refractivity contribution in [2.24, 2.45) is 5.92 Å². The number of thiazole rings is 1. The highest BCUT2D eigenvalue weighted by molar-refractivity contribution is 7.11. The molecule has 5 heteroatoms. The molecule has 1 aliphatic rings. The van der Waals surface area contributed by atoms with Crippen LogP contribution in [0.25, 0.3) is 0 Å². The molecule has 1 fully saturated rings. The molecule has 0 aromatic carbocycles. The van der Waals surface area contributed by atoms with E-state index < -0.39 is 0 Å². The van der Waals surface area contributed by atoms with Crippen molar-refractivity contribution in [1.82, 2.24) is 9.88 Å². The molecule has 1 aromatic heterocycles. The summed E-state index contributed by atoms with van der Waals surface area (Å²) in [4.78, 5) is 7.59. The molecule has 0 bridgehead atoms. The van der Waals surface area contributed by atoms with Crippen LogP contribution in [-0.4, -0.2) is 41.3 Å². The Kier molecular flexibility index (Phi) is 4.88. The SMILES string of the molecule is OCc1cnc(C[C@@H]2CCN(CCCF)C2)s1. The van der Waals surface area contributed by atoms with Gasteiger partial charge in [-0.1, -0.05) is 0 Å². The normalized spacial score (nSPS) is 21.2. The van der Waals surface area contributed by atoms with Crippen LogP contribution in [0.1, 0.15) is 22.7 Å². The molecule has 1 atom stereocenters. The average molecular weight is 258 g/mol. The van der Waals surface area contributed by atoms with Crippen LogP contribution in [0.15, 0.2) is 6.20 Å². The molecule has 1 saturated heterocycles. The number of hydrogen-bond acceptors (Lipinski definition) is 4. The van der Waals surface area contributed by atoms with Crippen molar-refractivity contribution in [1.29, 1.82) is 0 Å². The van der Waals surface area contributed by atoms with E-state index in [0.29, 0.717) is 12.3 Å². The molecule has 2 rings (SSSR count). The fourth-order valence-electron chi connectivity index (χ4n) is 2.33. The van der Waals surface area contributed by atoms with Gasteiger partial charge in [-0.2, -0.15) is 0 Å². The predicted octanol–water partition coefficient (Wildman–Crippen LogP) is 1.86. The van der Waals surface area contributed by atoms with E-state index in [9.17, 15) is 4.39 Å². The third-order valence-electron chi connectivity index (χ3n) is 3.20. The number of aliphatic hydroxyl groups is 1. The number of alkyl halides is 1. The van der Waals surface area contributed by atoms with Crippen LogP contribution in [-0.2, 0) is 13.0 Å². The molecular weight excluding hydrogens is 239 g/mol. The highest BCUT2D eigenvalue weighted by Crippen LogP contribution is 2.23. The molecule has 0 aliphatic carbocycles. The lowest BCUT2D eigenvalue weighted by molar-refractivity contribution is 0.285. The summed E-state index contributed by atoms with van der Waals surface area (Å²) in [6, 6.07) is 0. The van der Waals surface area contributed by atoms with Gasteiger partial charge in [0.15, 0.2) is 0 Å². The smallest absolute Gasteiger partial charge is 0.0931 e. The van der Waals surface area contributed by atoms with E-state index in [-0.39, 0.29) is 13.3 Å². The highest BCUT2D eigenvalue weighted by atomic mass is 32.1. The van der Waals surface area contributed by atoms with E-state index in [1.807, 2.05) is 0 Å². The number of nitrogens with zero attached hydrogens (tertiary/aromatic N) is 2. The number of halogens is 1. The van der Waals surface area contributed by atoms with Crippen molar-refractivity contribution in [2.75, 3.05) is 26.3 Å². The maximum Gasteiger partial charge on any atom is 0.0931 e. The van der Waals surface area contributed by atoms with E-state index in [2.05, 4.69) is 9.88 Å². The summed E-state index contributed by atoms with van der Waals surface area (Å²) >= 11 is 1.60. The van der Waals surface area contributed by atoms with E-state index in [1.54, 1.807) is 17.5 Å². The van der Waals surface area contributed by atoms with Crippen LogP contribution >= 0.6 is 11.3 Å². The van der Waals surface area contributed by atoms with Gasteiger partial charge >= 0.3 is 0 Å². The van der Waals surface area contributed by atoms with E-state index >= 15 is 0 Å². The van der Waals surface area contributed by atoms with Crippen LogP contribution < -0.4 is 0 Å². The summed E-state index contributed by atoms with van der Waals surface area (Å²) < 4.78 is 12.1. The second kappa shape index (κ2) is 6.42. The maximum absolute atomic E-state index is 12.1. The molecule has 3 nitrogen and oxygen atoms in total. The van der Waals surface area contributed by atoms with Crippen molar-refractivity contribution < 1.29 is 9.50 Å². The fraction of sp³-hybridized carbons (Fsp3) is 0.750. The van der Waals surface area contributed by atoms with Crippen molar-refractivity contribution in [3.8, 4) is 0 Å². The van der Waals surface area contributed by atoms with Crippen LogP contribution in [0.3, 0.4) is 0 Å². The Morgan fingerprint density at radius 3 is 3.18 bits per heavy atom. The molecule has 0 spiro atoms. The summed E-state index contributed by atoms with van der Waals surface area (Å²) in [6.07, 6.45) is 4.59. The number of rotatable bonds is 6. The first-order valence-electron chi connectivity index (χ1n) is 6.14. The van der Waals surface area contributed by atoms with Gasteiger partial charge in [-0.15, -0.1) is 11.3 Å². The molecule has 0 radical (unpaired) electrons. The second-order valence-corrected chi connectivity index (χ2v) is 5.78. The lowest BCUT2D eigenvalue weighted by Crippen LogP contribution is -2.22. The molecule has 0 amide bonds. The molecule has 17 heavy (non-hydrogen) atoms. The van der Waals surface area contributed by atoms with Gasteiger partial charge in [0.25, 0.3) is 0 Å². The van der Waals surface area contributed by atoms with Crippen molar-refractivity contribution in [3.05, 3.63) is 16.1 Å². The van der Waals surface area contributed by atoms with Crippen LogP contribution in [0.5, 0.6) is 0 Å². The third kappa shape index (κ3) is 3.72. The van der Waals surface area contributed by atoms with Crippen LogP contribution in [0, 0.1) is 5.92 Å². The minimum atomic E-state index is -0.215. The monoisotopic (exact) mass is 258 g/mol. The predicted molar refractivity (Wildman–Crippen MR) is 66.9 cm³/mol. The third-order valence-corrected chi connectivity index (χ3v) is 4.20. The lowest BCUT2D eigenvalue weighted by Gasteiger charge is -2.14. The molecule has 1 aliphatic heterocycles. The zero-order chi connectivity index (χ0) is 12.1. The topological polar surface area (TPSA) is 36.4 Å². The number of hydrogen-bond donors (Lipinski definition) is 1. The first-order valence-corrected chi connectivity index (χ1v) is 6.96. The molecule has 2 heterocycles. The minimum Gasteiger partial charge on any atom is -0.391 e. The summed E-state index contributed by atoms with van der Waals surface area (Å²) in [5.74, 6) is 0.646. The van der Waals surface area contributed by atoms with Crippen LogP contribution in [0.4, 0.5) is 4.39 Å². The fourth-order valence-corrected chi connectivity index (χ4v) is 3.23. The lowest BCUT2D eigenvalue weighted by atomic mass is 10.1. The Bertz CT molecular complexity index is 345. The Morgan fingerprint density at radius 2 is 2.47 bits per heavy atom.